The fourth-order valence-corrected chi connectivity index (χ4v) is 1.80. The van der Waals surface area contributed by atoms with Gasteiger partial charge in [0.05, 0.1) is 0 Å². The van der Waals surface area contributed by atoms with E-state index in [-0.39, 0.29) is 0 Å². The maximum Gasteiger partial charge on any atom is 0.00708 e. The third-order valence-corrected chi connectivity index (χ3v) is 3.23. The molecule has 0 spiro atoms. The van der Waals surface area contributed by atoms with Crippen molar-refractivity contribution < 1.29 is 0 Å². The Morgan fingerprint density at radius 3 is 2.18 bits per heavy atom. The van der Waals surface area contributed by atoms with Crippen molar-refractivity contribution in [2.24, 2.45) is 11.8 Å². The Morgan fingerprint density at radius 2 is 1.73 bits per heavy atom. The van der Waals surface area contributed by atoms with Crippen molar-refractivity contribution in [3.63, 3.8) is 0 Å². The van der Waals surface area contributed by atoms with E-state index >= 15 is 0 Å². The molecule has 0 saturated heterocycles. The molecule has 0 aliphatic heterocycles. The first kappa shape index (κ1) is 7.60. The third-order valence-electron chi connectivity index (χ3n) is 3.23. The maximum atomic E-state index is 3.67. The standard InChI is InChI=1S/C10H19N/c1-7(9-3-4-9)8(2)11-10-5-6-10/h7-11H,3-6H2,1-2H3. The molecule has 2 unspecified atom stereocenters. The van der Waals surface area contributed by atoms with Crippen molar-refractivity contribution >= 4 is 0 Å². The monoisotopic (exact) mass is 153 g/mol. The lowest BCUT2D eigenvalue weighted by Gasteiger charge is -2.20. The van der Waals surface area contributed by atoms with Gasteiger partial charge in [0.1, 0.15) is 0 Å². The molecule has 0 radical (unpaired) electrons. The van der Waals surface area contributed by atoms with Crippen LogP contribution in [0.1, 0.15) is 39.5 Å². The molecule has 2 fully saturated rings. The zero-order valence-corrected chi connectivity index (χ0v) is 7.64. The Kier molecular flexibility index (Phi) is 1.92. The first-order valence-electron chi connectivity index (χ1n) is 5.03. The second-order valence-electron chi connectivity index (χ2n) is 4.43. The first-order valence-corrected chi connectivity index (χ1v) is 5.03. The predicted octanol–water partition coefficient (Wildman–Crippen LogP) is 2.17. The van der Waals surface area contributed by atoms with Crippen molar-refractivity contribution in [2.75, 3.05) is 0 Å². The number of hydrogen-bond acceptors (Lipinski definition) is 1. The van der Waals surface area contributed by atoms with Crippen LogP contribution in [-0.2, 0) is 0 Å². The van der Waals surface area contributed by atoms with Gasteiger partial charge >= 0.3 is 0 Å². The lowest BCUT2D eigenvalue weighted by molar-refractivity contribution is 0.360. The van der Waals surface area contributed by atoms with E-state index in [0.717, 1.165) is 23.9 Å². The zero-order valence-electron chi connectivity index (χ0n) is 7.64. The molecular formula is C10H19N. The average Bonchev–Trinajstić information content (AvgIpc) is 2.81. The minimum absolute atomic E-state index is 0.759. The van der Waals surface area contributed by atoms with Gasteiger partial charge in [-0.05, 0) is 44.4 Å². The van der Waals surface area contributed by atoms with E-state index in [1.165, 1.54) is 25.7 Å². The van der Waals surface area contributed by atoms with Crippen LogP contribution < -0.4 is 5.32 Å². The van der Waals surface area contributed by atoms with Crippen LogP contribution in [0.2, 0.25) is 0 Å². The van der Waals surface area contributed by atoms with Crippen LogP contribution in [0.15, 0.2) is 0 Å². The van der Waals surface area contributed by atoms with Crippen molar-refractivity contribution in [3.05, 3.63) is 0 Å². The van der Waals surface area contributed by atoms with Crippen LogP contribution >= 0.6 is 0 Å². The molecule has 2 aliphatic rings. The Balaban J connectivity index is 1.72. The number of hydrogen-bond donors (Lipinski definition) is 1. The summed E-state index contributed by atoms with van der Waals surface area (Å²) in [4.78, 5) is 0. The summed E-state index contributed by atoms with van der Waals surface area (Å²) in [6.45, 7) is 4.75. The van der Waals surface area contributed by atoms with Crippen LogP contribution in [-0.4, -0.2) is 12.1 Å². The minimum atomic E-state index is 0.759. The highest BCUT2D eigenvalue weighted by Gasteiger charge is 2.33. The Bertz CT molecular complexity index is 136. The summed E-state index contributed by atoms with van der Waals surface area (Å²) in [6, 6.07) is 1.64. The second kappa shape index (κ2) is 2.78. The largest absolute Gasteiger partial charge is 0.311 e. The summed E-state index contributed by atoms with van der Waals surface area (Å²) in [5.41, 5.74) is 0. The summed E-state index contributed by atoms with van der Waals surface area (Å²) >= 11 is 0. The van der Waals surface area contributed by atoms with Crippen molar-refractivity contribution in [2.45, 2.75) is 51.6 Å². The molecule has 1 heteroatoms. The van der Waals surface area contributed by atoms with Gasteiger partial charge in [0, 0.05) is 12.1 Å². The molecule has 0 amide bonds. The zero-order chi connectivity index (χ0) is 7.84. The SMILES string of the molecule is CC(NC1CC1)C(C)C1CC1. The fourth-order valence-electron chi connectivity index (χ4n) is 1.80. The van der Waals surface area contributed by atoms with E-state index in [2.05, 4.69) is 19.2 Å². The molecule has 2 saturated carbocycles. The first-order chi connectivity index (χ1) is 5.27. The molecular weight excluding hydrogens is 134 g/mol. The van der Waals surface area contributed by atoms with E-state index < -0.39 is 0 Å². The highest BCUT2D eigenvalue weighted by Crippen LogP contribution is 2.38. The minimum Gasteiger partial charge on any atom is -0.311 e. The number of rotatable bonds is 4. The highest BCUT2D eigenvalue weighted by molar-refractivity contribution is 4.89. The van der Waals surface area contributed by atoms with Gasteiger partial charge in [-0.3, -0.25) is 0 Å². The third kappa shape index (κ3) is 1.96. The van der Waals surface area contributed by atoms with Gasteiger partial charge in [0.25, 0.3) is 0 Å². The molecule has 0 heterocycles. The second-order valence-corrected chi connectivity index (χ2v) is 4.43. The van der Waals surface area contributed by atoms with E-state index in [9.17, 15) is 0 Å². The van der Waals surface area contributed by atoms with Gasteiger partial charge in [0.15, 0.2) is 0 Å². The topological polar surface area (TPSA) is 12.0 Å². The van der Waals surface area contributed by atoms with Gasteiger partial charge < -0.3 is 5.32 Å². The Morgan fingerprint density at radius 1 is 1.09 bits per heavy atom. The van der Waals surface area contributed by atoms with Crippen LogP contribution in [0.4, 0.5) is 0 Å². The van der Waals surface area contributed by atoms with Gasteiger partial charge in [-0.25, -0.2) is 0 Å². The number of nitrogens with one attached hydrogen (secondary N) is 1. The molecule has 1 N–H and O–H groups in total. The van der Waals surface area contributed by atoms with Crippen molar-refractivity contribution in [1.29, 1.82) is 0 Å². The molecule has 64 valence electrons. The Labute approximate surface area is 69.6 Å². The summed E-state index contributed by atoms with van der Waals surface area (Å²) in [5.74, 6) is 1.96. The molecule has 2 rings (SSSR count). The summed E-state index contributed by atoms with van der Waals surface area (Å²) in [5, 5.41) is 3.67. The average molecular weight is 153 g/mol. The molecule has 2 atom stereocenters. The van der Waals surface area contributed by atoms with Crippen LogP contribution in [0.25, 0.3) is 0 Å². The van der Waals surface area contributed by atoms with Crippen LogP contribution in [0, 0.1) is 11.8 Å². The Hall–Kier alpha value is -0.0400. The van der Waals surface area contributed by atoms with E-state index in [1.807, 2.05) is 0 Å². The van der Waals surface area contributed by atoms with Crippen molar-refractivity contribution in [3.8, 4) is 0 Å². The summed E-state index contributed by atoms with van der Waals surface area (Å²) in [6.07, 6.45) is 5.80. The van der Waals surface area contributed by atoms with Gasteiger partial charge in [-0.15, -0.1) is 0 Å². The molecule has 0 aromatic rings. The fraction of sp³-hybridized carbons (Fsp3) is 1.00. The molecule has 0 bridgehead atoms. The summed E-state index contributed by atoms with van der Waals surface area (Å²) < 4.78 is 0. The van der Waals surface area contributed by atoms with Crippen LogP contribution in [0.3, 0.4) is 0 Å². The van der Waals surface area contributed by atoms with Gasteiger partial charge in [-0.2, -0.15) is 0 Å². The smallest absolute Gasteiger partial charge is 0.00708 e. The highest BCUT2D eigenvalue weighted by atomic mass is 15.0. The lowest BCUT2D eigenvalue weighted by atomic mass is 9.98. The van der Waals surface area contributed by atoms with Gasteiger partial charge in [-0.1, -0.05) is 6.92 Å². The van der Waals surface area contributed by atoms with Crippen LogP contribution in [0.5, 0.6) is 0 Å². The summed E-state index contributed by atoms with van der Waals surface area (Å²) in [7, 11) is 0. The quantitative estimate of drug-likeness (QED) is 0.652. The van der Waals surface area contributed by atoms with Crippen molar-refractivity contribution in [1.82, 2.24) is 5.32 Å². The predicted molar refractivity (Wildman–Crippen MR) is 47.5 cm³/mol. The molecule has 1 nitrogen and oxygen atoms in total. The molecule has 0 aromatic carbocycles. The maximum absolute atomic E-state index is 3.67. The molecule has 11 heavy (non-hydrogen) atoms. The molecule has 0 aromatic heterocycles. The van der Waals surface area contributed by atoms with E-state index in [1.54, 1.807) is 0 Å². The van der Waals surface area contributed by atoms with E-state index in [0.29, 0.717) is 0 Å². The molecule has 2 aliphatic carbocycles. The lowest BCUT2D eigenvalue weighted by Crippen LogP contribution is -2.34. The van der Waals surface area contributed by atoms with Gasteiger partial charge in [0.2, 0.25) is 0 Å². The van der Waals surface area contributed by atoms with E-state index in [4.69, 9.17) is 0 Å². The normalized spacial score (nSPS) is 30.0.